The van der Waals surface area contributed by atoms with Crippen LogP contribution in [0.5, 0.6) is 0 Å². The van der Waals surface area contributed by atoms with Crippen molar-refractivity contribution in [3.8, 4) is 27.1 Å². The average molecular weight is 610 g/mol. The normalized spacial score (nSPS) is 24.4. The Morgan fingerprint density at radius 2 is 1.79 bits per heavy atom. The number of alkyl halides is 1. The number of aromatic nitrogens is 1. The van der Waals surface area contributed by atoms with Crippen LogP contribution in [0.15, 0.2) is 52.9 Å². The van der Waals surface area contributed by atoms with Gasteiger partial charge in [0.1, 0.15) is 22.5 Å². The molecule has 3 aliphatic rings. The molecule has 2 heterocycles. The lowest BCUT2D eigenvalue weighted by Gasteiger charge is -2.33. The molecule has 42 heavy (non-hydrogen) atoms. The van der Waals surface area contributed by atoms with Gasteiger partial charge in [-0.3, -0.25) is 4.79 Å². The van der Waals surface area contributed by atoms with Gasteiger partial charge in [-0.2, -0.15) is 5.26 Å². The second-order valence-corrected chi connectivity index (χ2v) is 15.2. The third-order valence-electron chi connectivity index (χ3n) is 8.73. The van der Waals surface area contributed by atoms with E-state index in [1.54, 1.807) is 19.2 Å². The number of hydrogen-bond donors (Lipinski definition) is 1. The zero-order valence-electron chi connectivity index (χ0n) is 23.4. The molecule has 2 aromatic carbocycles. The van der Waals surface area contributed by atoms with Crippen LogP contribution in [0.3, 0.4) is 0 Å². The van der Waals surface area contributed by atoms with Gasteiger partial charge in [-0.25, -0.2) is 22.3 Å². The van der Waals surface area contributed by atoms with Crippen LogP contribution in [0.2, 0.25) is 0 Å². The number of carbonyl (C=O) groups is 1. The van der Waals surface area contributed by atoms with Crippen LogP contribution in [-0.2, 0) is 14.5 Å². The van der Waals surface area contributed by atoms with Gasteiger partial charge in [-0.05, 0) is 74.1 Å². The maximum Gasteiger partial charge on any atom is 0.225 e. The Labute approximate surface area is 249 Å². The summed E-state index contributed by atoms with van der Waals surface area (Å²) in [7, 11) is -0.488. The SMILES string of the molecule is CN=S1(=O)CCN(c2ccc(-c3sc(-c4ccc(F)cc4)nc3[C@@H]3CC[C@H](F)C[C@H]3C(=O)NC3(C#N)CC3)cc2)CC1. The Morgan fingerprint density at radius 1 is 1.12 bits per heavy atom. The van der Waals surface area contributed by atoms with Gasteiger partial charge < -0.3 is 10.2 Å². The number of nitriles is 1. The predicted octanol–water partition coefficient (Wildman–Crippen LogP) is 5.93. The number of amides is 1. The van der Waals surface area contributed by atoms with Gasteiger partial charge in [0.05, 0.1) is 16.6 Å². The molecule has 0 bridgehead atoms. The lowest BCUT2D eigenvalue weighted by molar-refractivity contribution is -0.128. The van der Waals surface area contributed by atoms with Gasteiger partial charge in [0.25, 0.3) is 0 Å². The van der Waals surface area contributed by atoms with Crippen molar-refractivity contribution < 1.29 is 17.8 Å². The van der Waals surface area contributed by atoms with E-state index in [1.165, 1.54) is 23.5 Å². The highest BCUT2D eigenvalue weighted by molar-refractivity contribution is 7.93. The first-order chi connectivity index (χ1) is 20.2. The van der Waals surface area contributed by atoms with Crippen molar-refractivity contribution in [2.75, 3.05) is 36.5 Å². The topological polar surface area (TPSA) is 98.4 Å². The molecule has 11 heteroatoms. The molecule has 220 valence electrons. The molecule has 0 unspecified atom stereocenters. The van der Waals surface area contributed by atoms with E-state index >= 15 is 0 Å². The second-order valence-electron chi connectivity index (χ2n) is 11.4. The zero-order chi connectivity index (χ0) is 29.5. The molecule has 1 amide bonds. The predicted molar refractivity (Wildman–Crippen MR) is 162 cm³/mol. The standard InChI is InChI=1S/C31H33F2N5O2S2/c1-35-42(40)16-14-38(15-17-42)24-9-4-20(5-10-24)28-27(36-30(41-28)21-2-6-22(32)7-3-21)25-11-8-23(33)18-26(25)29(39)37-31(19-34)12-13-31/h2-7,9-10,23,25-26H,8,11-18H2,1H3,(H,37,39)/t23-,25+,26+/m0/s1. The number of rotatable bonds is 6. The third-order valence-corrected chi connectivity index (χ3v) is 12.2. The molecule has 3 fully saturated rings. The Kier molecular flexibility index (Phi) is 7.79. The lowest BCUT2D eigenvalue weighted by Crippen LogP contribution is -2.44. The summed E-state index contributed by atoms with van der Waals surface area (Å²) in [5, 5.41) is 13.1. The molecule has 3 atom stereocenters. The molecular weight excluding hydrogens is 577 g/mol. The Bertz CT molecular complexity index is 1620. The third kappa shape index (κ3) is 5.79. The first kappa shape index (κ1) is 28.7. The Balaban J connectivity index is 1.35. The van der Waals surface area contributed by atoms with Crippen molar-refractivity contribution in [1.29, 1.82) is 5.26 Å². The maximum atomic E-state index is 14.7. The summed E-state index contributed by atoms with van der Waals surface area (Å²) in [5.41, 5.74) is 2.63. The molecule has 3 aromatic rings. The van der Waals surface area contributed by atoms with Crippen molar-refractivity contribution in [3.63, 3.8) is 0 Å². The molecule has 0 spiro atoms. The molecule has 1 saturated heterocycles. The molecular formula is C31H33F2N5O2S2. The van der Waals surface area contributed by atoms with Crippen LogP contribution in [-0.4, -0.2) is 58.5 Å². The van der Waals surface area contributed by atoms with E-state index in [0.29, 0.717) is 55.3 Å². The van der Waals surface area contributed by atoms with Crippen LogP contribution in [0.25, 0.3) is 21.0 Å². The van der Waals surface area contributed by atoms with Gasteiger partial charge in [0, 0.05) is 64.5 Å². The van der Waals surface area contributed by atoms with E-state index in [4.69, 9.17) is 4.98 Å². The molecule has 1 N–H and O–H groups in total. The van der Waals surface area contributed by atoms with Crippen molar-refractivity contribution in [3.05, 3.63) is 60.0 Å². The first-order valence-electron chi connectivity index (χ1n) is 14.3. The van der Waals surface area contributed by atoms with Crippen molar-refractivity contribution in [2.45, 2.75) is 49.7 Å². The zero-order valence-corrected chi connectivity index (χ0v) is 25.0. The monoisotopic (exact) mass is 609 g/mol. The Morgan fingerprint density at radius 3 is 2.40 bits per heavy atom. The van der Waals surface area contributed by atoms with Crippen LogP contribution < -0.4 is 10.2 Å². The second kappa shape index (κ2) is 11.4. The van der Waals surface area contributed by atoms with E-state index in [-0.39, 0.29) is 24.1 Å². The maximum absolute atomic E-state index is 14.7. The van der Waals surface area contributed by atoms with Crippen LogP contribution >= 0.6 is 11.3 Å². The minimum absolute atomic E-state index is 0.0853. The van der Waals surface area contributed by atoms with Crippen molar-refractivity contribution in [2.24, 2.45) is 10.3 Å². The summed E-state index contributed by atoms with van der Waals surface area (Å²) in [5.74, 6) is -0.512. The molecule has 1 aliphatic heterocycles. The van der Waals surface area contributed by atoms with Crippen LogP contribution in [0, 0.1) is 23.1 Å². The fourth-order valence-electron chi connectivity index (χ4n) is 5.94. The van der Waals surface area contributed by atoms with Gasteiger partial charge in [-0.1, -0.05) is 12.1 Å². The number of carbonyl (C=O) groups excluding carboxylic acids is 1. The minimum atomic E-state index is -2.11. The van der Waals surface area contributed by atoms with E-state index < -0.39 is 27.4 Å². The highest BCUT2D eigenvalue weighted by Gasteiger charge is 2.48. The largest absolute Gasteiger partial charge is 0.370 e. The van der Waals surface area contributed by atoms with Gasteiger partial charge in [0.2, 0.25) is 5.91 Å². The van der Waals surface area contributed by atoms with Gasteiger partial charge in [0.15, 0.2) is 0 Å². The minimum Gasteiger partial charge on any atom is -0.370 e. The molecule has 6 rings (SSSR count). The summed E-state index contributed by atoms with van der Waals surface area (Å²) in [6.45, 7) is 1.34. The quantitative estimate of drug-likeness (QED) is 0.374. The number of anilines is 1. The molecule has 7 nitrogen and oxygen atoms in total. The number of nitrogens with zero attached hydrogens (tertiary/aromatic N) is 4. The van der Waals surface area contributed by atoms with Crippen LogP contribution in [0.1, 0.15) is 43.7 Å². The van der Waals surface area contributed by atoms with Crippen molar-refractivity contribution >= 4 is 32.7 Å². The average Bonchev–Trinajstić information content (AvgIpc) is 3.65. The summed E-state index contributed by atoms with van der Waals surface area (Å²) in [6, 6.07) is 16.5. The molecule has 2 aliphatic carbocycles. The highest BCUT2D eigenvalue weighted by Crippen LogP contribution is 2.47. The number of thiazole rings is 1. The highest BCUT2D eigenvalue weighted by atomic mass is 32.2. The van der Waals surface area contributed by atoms with E-state index in [0.717, 1.165) is 27.4 Å². The number of benzene rings is 2. The van der Waals surface area contributed by atoms with Crippen LogP contribution in [0.4, 0.5) is 14.5 Å². The fourth-order valence-corrected chi connectivity index (χ4v) is 8.67. The molecule has 2 saturated carbocycles. The summed E-state index contributed by atoms with van der Waals surface area (Å²) < 4.78 is 45.1. The number of nitrogens with one attached hydrogen (secondary N) is 1. The first-order valence-corrected chi connectivity index (χ1v) is 17.0. The van der Waals surface area contributed by atoms with E-state index in [1.807, 2.05) is 24.3 Å². The van der Waals surface area contributed by atoms with Gasteiger partial charge in [-0.15, -0.1) is 11.3 Å². The van der Waals surface area contributed by atoms with E-state index in [2.05, 4.69) is 20.6 Å². The fraction of sp³-hybridized carbons (Fsp3) is 0.452. The molecule has 1 aromatic heterocycles. The van der Waals surface area contributed by atoms with Crippen molar-refractivity contribution in [1.82, 2.24) is 10.3 Å². The Hall–Kier alpha value is -3.36. The number of hydrogen-bond acceptors (Lipinski definition) is 7. The number of halogens is 2. The summed E-state index contributed by atoms with van der Waals surface area (Å²) in [6.07, 6.45) is 1.01. The summed E-state index contributed by atoms with van der Waals surface area (Å²) >= 11 is 1.48. The molecule has 0 radical (unpaired) electrons. The lowest BCUT2D eigenvalue weighted by atomic mass is 9.75. The smallest absolute Gasteiger partial charge is 0.225 e. The summed E-state index contributed by atoms with van der Waals surface area (Å²) in [4.78, 5) is 21.6. The van der Waals surface area contributed by atoms with E-state index in [9.17, 15) is 23.0 Å². The van der Waals surface area contributed by atoms with Gasteiger partial charge >= 0.3 is 0 Å².